The molecule has 1 atom stereocenters. The molecule has 1 unspecified atom stereocenters. The first kappa shape index (κ1) is 12.8. The molecule has 7 nitrogen and oxygen atoms in total. The van der Waals surface area contributed by atoms with Crippen LogP contribution in [0.3, 0.4) is 0 Å². The van der Waals surface area contributed by atoms with Gasteiger partial charge in [-0.05, 0) is 29.8 Å². The Morgan fingerprint density at radius 2 is 2.28 bits per heavy atom. The van der Waals surface area contributed by atoms with Crippen molar-refractivity contribution >= 4 is 11.6 Å². The lowest BCUT2D eigenvalue weighted by atomic mass is 10.1. The third-order valence-corrected chi connectivity index (χ3v) is 3.57. The molecule has 0 saturated carbocycles. The number of aromatic nitrogens is 2. The van der Waals surface area contributed by atoms with Crippen LogP contribution in [0.5, 0.6) is 0 Å². The molecular formula is C11H19N5O2. The first-order chi connectivity index (χ1) is 8.54. The predicted octanol–water partition coefficient (Wildman–Crippen LogP) is 0.825. The van der Waals surface area contributed by atoms with E-state index < -0.39 is 4.92 Å². The van der Waals surface area contributed by atoms with E-state index in [0.717, 1.165) is 25.9 Å². The lowest BCUT2D eigenvalue weighted by Gasteiger charge is -2.33. The molecular weight excluding hydrogens is 234 g/mol. The smallest absolute Gasteiger partial charge is 0.358 e. The van der Waals surface area contributed by atoms with Crippen molar-refractivity contribution in [3.8, 4) is 0 Å². The molecule has 1 fully saturated rings. The van der Waals surface area contributed by atoms with Crippen LogP contribution in [0.2, 0.25) is 0 Å². The van der Waals surface area contributed by atoms with E-state index in [9.17, 15) is 10.1 Å². The highest BCUT2D eigenvalue weighted by molar-refractivity contribution is 5.56. The topological polar surface area (TPSA) is 76.2 Å². The van der Waals surface area contributed by atoms with Crippen molar-refractivity contribution in [2.75, 3.05) is 25.0 Å². The number of hydrogen-bond donors (Lipinski definition) is 1. The number of piperidine rings is 1. The van der Waals surface area contributed by atoms with Crippen molar-refractivity contribution < 1.29 is 4.92 Å². The van der Waals surface area contributed by atoms with E-state index in [1.54, 1.807) is 11.5 Å². The van der Waals surface area contributed by atoms with Gasteiger partial charge in [-0.2, -0.15) is 0 Å². The summed E-state index contributed by atoms with van der Waals surface area (Å²) in [6.45, 7) is 3.42. The number of likely N-dealkylation sites (N-methyl/N-ethyl adjacent to an activating group) is 1. The van der Waals surface area contributed by atoms with Gasteiger partial charge in [0.1, 0.15) is 0 Å². The summed E-state index contributed by atoms with van der Waals surface area (Å²) in [5.74, 6) is 1.26. The van der Waals surface area contributed by atoms with Crippen LogP contribution in [0.1, 0.15) is 18.7 Å². The van der Waals surface area contributed by atoms with Gasteiger partial charge in [0.15, 0.2) is 0 Å². The van der Waals surface area contributed by atoms with Gasteiger partial charge in [-0.3, -0.25) is 4.57 Å². The summed E-state index contributed by atoms with van der Waals surface area (Å²) in [5.41, 5.74) is 0. The first-order valence-corrected chi connectivity index (χ1v) is 6.14. The molecule has 0 aromatic carbocycles. The summed E-state index contributed by atoms with van der Waals surface area (Å²) in [6.07, 6.45) is 2.14. The quantitative estimate of drug-likeness (QED) is 0.637. The number of nitro groups is 1. The monoisotopic (exact) mass is 253 g/mol. The summed E-state index contributed by atoms with van der Waals surface area (Å²) in [7, 11) is 3.75. The number of imidazole rings is 1. The second kappa shape index (κ2) is 4.93. The second-order valence-electron chi connectivity index (χ2n) is 4.70. The Hall–Kier alpha value is -1.63. The standard InChI is InChI=1S/C11H19N5O2/c1-8-13-10(16(17)18)11(14(8)3)15-6-4-5-9(7-15)12-2/h9,12H,4-7H2,1-3H3. The van der Waals surface area contributed by atoms with Crippen molar-refractivity contribution in [1.82, 2.24) is 14.9 Å². The Bertz CT molecular complexity index is 457. The molecule has 0 radical (unpaired) electrons. The minimum Gasteiger partial charge on any atom is -0.358 e. The Morgan fingerprint density at radius 3 is 2.89 bits per heavy atom. The molecule has 7 heteroatoms. The van der Waals surface area contributed by atoms with E-state index in [0.29, 0.717) is 17.7 Å². The zero-order valence-electron chi connectivity index (χ0n) is 11.0. The van der Waals surface area contributed by atoms with E-state index >= 15 is 0 Å². The van der Waals surface area contributed by atoms with Gasteiger partial charge in [0.2, 0.25) is 11.6 Å². The first-order valence-electron chi connectivity index (χ1n) is 6.14. The SMILES string of the molecule is CNC1CCCN(c2c([N+](=O)[O-])nc(C)n2C)C1. The maximum Gasteiger partial charge on any atom is 0.406 e. The highest BCUT2D eigenvalue weighted by Gasteiger charge is 2.30. The predicted molar refractivity (Wildman–Crippen MR) is 68.9 cm³/mol. The van der Waals surface area contributed by atoms with Crippen molar-refractivity contribution in [2.24, 2.45) is 7.05 Å². The Kier molecular flexibility index (Phi) is 3.51. The Labute approximate surface area is 106 Å². The van der Waals surface area contributed by atoms with Gasteiger partial charge < -0.3 is 20.3 Å². The Morgan fingerprint density at radius 1 is 1.56 bits per heavy atom. The molecule has 1 aliphatic rings. The molecule has 1 N–H and O–H groups in total. The molecule has 2 rings (SSSR count). The average molecular weight is 253 g/mol. The molecule has 0 aliphatic carbocycles. The molecule has 18 heavy (non-hydrogen) atoms. The number of rotatable bonds is 3. The third-order valence-electron chi connectivity index (χ3n) is 3.57. The number of nitrogens with one attached hydrogen (secondary N) is 1. The van der Waals surface area contributed by atoms with Crippen LogP contribution in [-0.2, 0) is 7.05 Å². The van der Waals surface area contributed by atoms with Gasteiger partial charge in [-0.1, -0.05) is 0 Å². The van der Waals surface area contributed by atoms with Crippen LogP contribution in [-0.4, -0.2) is 40.7 Å². The maximum atomic E-state index is 11.1. The molecule has 2 heterocycles. The van der Waals surface area contributed by atoms with Gasteiger partial charge >= 0.3 is 5.82 Å². The van der Waals surface area contributed by atoms with Gasteiger partial charge in [-0.15, -0.1) is 0 Å². The summed E-state index contributed by atoms with van der Waals surface area (Å²) < 4.78 is 1.80. The van der Waals surface area contributed by atoms with E-state index in [1.807, 2.05) is 14.1 Å². The van der Waals surface area contributed by atoms with Gasteiger partial charge in [0.05, 0.1) is 0 Å². The molecule has 0 spiro atoms. The van der Waals surface area contributed by atoms with Gasteiger partial charge in [-0.25, -0.2) is 0 Å². The van der Waals surface area contributed by atoms with Crippen molar-refractivity contribution in [1.29, 1.82) is 0 Å². The number of hydrogen-bond acceptors (Lipinski definition) is 5. The van der Waals surface area contributed by atoms with Gasteiger partial charge in [0, 0.05) is 33.1 Å². The van der Waals surface area contributed by atoms with E-state index in [4.69, 9.17) is 0 Å². The Balaban J connectivity index is 2.34. The molecule has 1 aromatic rings. The number of nitrogens with zero attached hydrogens (tertiary/aromatic N) is 4. The van der Waals surface area contributed by atoms with Crippen LogP contribution >= 0.6 is 0 Å². The molecule has 0 bridgehead atoms. The summed E-state index contributed by atoms with van der Waals surface area (Å²) in [6, 6.07) is 0.383. The summed E-state index contributed by atoms with van der Waals surface area (Å²) in [5, 5.41) is 14.3. The number of aryl methyl sites for hydroxylation is 1. The van der Waals surface area contributed by atoms with Crippen LogP contribution in [0, 0.1) is 17.0 Å². The van der Waals surface area contributed by atoms with E-state index in [2.05, 4.69) is 15.2 Å². The van der Waals surface area contributed by atoms with Crippen molar-refractivity contribution in [3.05, 3.63) is 15.9 Å². The van der Waals surface area contributed by atoms with Crippen LogP contribution in [0.15, 0.2) is 0 Å². The van der Waals surface area contributed by atoms with Crippen LogP contribution < -0.4 is 10.2 Å². The minimum absolute atomic E-state index is 0.0354. The maximum absolute atomic E-state index is 11.1. The fraction of sp³-hybridized carbons (Fsp3) is 0.727. The van der Waals surface area contributed by atoms with Gasteiger partial charge in [0.25, 0.3) is 0 Å². The minimum atomic E-state index is -0.397. The molecule has 100 valence electrons. The average Bonchev–Trinajstić information content (AvgIpc) is 2.66. The van der Waals surface area contributed by atoms with E-state index in [-0.39, 0.29) is 5.82 Å². The third kappa shape index (κ3) is 2.17. The summed E-state index contributed by atoms with van der Waals surface area (Å²) in [4.78, 5) is 16.8. The second-order valence-corrected chi connectivity index (χ2v) is 4.70. The molecule has 1 saturated heterocycles. The lowest BCUT2D eigenvalue weighted by molar-refractivity contribution is -0.388. The summed E-state index contributed by atoms with van der Waals surface area (Å²) >= 11 is 0. The molecule has 1 aliphatic heterocycles. The lowest BCUT2D eigenvalue weighted by Crippen LogP contribution is -2.45. The fourth-order valence-electron chi connectivity index (χ4n) is 2.46. The highest BCUT2D eigenvalue weighted by Crippen LogP contribution is 2.30. The molecule has 1 aromatic heterocycles. The van der Waals surface area contributed by atoms with Crippen molar-refractivity contribution in [2.45, 2.75) is 25.8 Å². The van der Waals surface area contributed by atoms with Crippen LogP contribution in [0.25, 0.3) is 0 Å². The normalized spacial score (nSPS) is 20.2. The van der Waals surface area contributed by atoms with E-state index in [1.165, 1.54) is 0 Å². The zero-order chi connectivity index (χ0) is 13.3. The molecule has 0 amide bonds. The number of anilines is 1. The largest absolute Gasteiger partial charge is 0.406 e. The zero-order valence-corrected chi connectivity index (χ0v) is 11.0. The highest BCUT2D eigenvalue weighted by atomic mass is 16.6. The van der Waals surface area contributed by atoms with Crippen LogP contribution in [0.4, 0.5) is 11.6 Å². The fourth-order valence-corrected chi connectivity index (χ4v) is 2.46. The van der Waals surface area contributed by atoms with Crippen molar-refractivity contribution in [3.63, 3.8) is 0 Å².